The van der Waals surface area contributed by atoms with Crippen LogP contribution >= 0.6 is 0 Å². The van der Waals surface area contributed by atoms with Gasteiger partial charge in [-0.25, -0.2) is 0 Å². The number of nitrogens with one attached hydrogen (secondary N) is 1. The Morgan fingerprint density at radius 3 is 2.27 bits per heavy atom. The van der Waals surface area contributed by atoms with Crippen molar-refractivity contribution in [1.29, 1.82) is 0 Å². The van der Waals surface area contributed by atoms with Crippen molar-refractivity contribution in [1.82, 2.24) is 4.90 Å². The number of hydrogen-bond donors (Lipinski definition) is 1. The maximum Gasteiger partial charge on any atom is 0.326 e. The smallest absolute Gasteiger partial charge is 0.326 e. The van der Waals surface area contributed by atoms with Crippen LogP contribution in [0.2, 0.25) is 0 Å². The predicted octanol–water partition coefficient (Wildman–Crippen LogP) is 1.87. The van der Waals surface area contributed by atoms with E-state index < -0.39 is 30.0 Å². The molecule has 3 amide bonds. The highest BCUT2D eigenvalue weighted by molar-refractivity contribution is 6.07. The quantitative estimate of drug-likeness (QED) is 0.323. The molecule has 1 aliphatic heterocycles. The van der Waals surface area contributed by atoms with Crippen LogP contribution in [0.1, 0.15) is 36.8 Å². The van der Waals surface area contributed by atoms with Gasteiger partial charge in [0, 0.05) is 6.07 Å². The molecular formula is C20H23N3O7. The van der Waals surface area contributed by atoms with Crippen LogP contribution < -0.4 is 5.32 Å². The summed E-state index contributed by atoms with van der Waals surface area (Å²) in [5.74, 6) is -3.11. The molecule has 1 aromatic carbocycles. The molecule has 2 atom stereocenters. The summed E-state index contributed by atoms with van der Waals surface area (Å²) >= 11 is 0. The van der Waals surface area contributed by atoms with E-state index in [1.54, 1.807) is 13.8 Å². The molecule has 0 aromatic heterocycles. The molecule has 0 radical (unpaired) electrons. The highest BCUT2D eigenvalue weighted by Gasteiger charge is 2.48. The van der Waals surface area contributed by atoms with E-state index in [2.05, 4.69) is 5.32 Å². The van der Waals surface area contributed by atoms with Gasteiger partial charge >= 0.3 is 5.97 Å². The lowest BCUT2D eigenvalue weighted by Gasteiger charge is -2.19. The van der Waals surface area contributed by atoms with Gasteiger partial charge in [-0.2, -0.15) is 0 Å². The highest BCUT2D eigenvalue weighted by atomic mass is 16.6. The van der Waals surface area contributed by atoms with Crippen molar-refractivity contribution < 1.29 is 28.8 Å². The number of carbonyl (C=O) groups excluding carboxylic acids is 4. The number of carbonyl (C=O) groups is 4. The first-order valence-corrected chi connectivity index (χ1v) is 9.75. The Kier molecular flexibility index (Phi) is 6.14. The van der Waals surface area contributed by atoms with E-state index in [0.717, 1.165) is 23.3 Å². The molecule has 160 valence electrons. The minimum atomic E-state index is -0.889. The van der Waals surface area contributed by atoms with Crippen LogP contribution in [0.25, 0.3) is 0 Å². The molecule has 2 aliphatic rings. The zero-order chi connectivity index (χ0) is 22.0. The van der Waals surface area contributed by atoms with Crippen LogP contribution in [-0.2, 0) is 23.9 Å². The molecule has 1 saturated carbocycles. The van der Waals surface area contributed by atoms with Gasteiger partial charge in [0.2, 0.25) is 11.8 Å². The number of imide groups is 1. The largest absolute Gasteiger partial charge is 0.454 e. The SMILES string of the molecule is Cc1cc(NC(=O)COC(=O)CN2C(=O)[C@@H]3CCCC[C@H]3C2=O)c([N+](=O)[O-])cc1C. The number of nitro groups is 1. The van der Waals surface area contributed by atoms with E-state index in [0.29, 0.717) is 18.4 Å². The van der Waals surface area contributed by atoms with E-state index in [-0.39, 0.29) is 35.0 Å². The number of esters is 1. The Morgan fingerprint density at radius 2 is 1.70 bits per heavy atom. The number of ether oxygens (including phenoxy) is 1. The van der Waals surface area contributed by atoms with E-state index in [1.165, 1.54) is 12.1 Å². The van der Waals surface area contributed by atoms with Crippen molar-refractivity contribution in [2.45, 2.75) is 39.5 Å². The summed E-state index contributed by atoms with van der Waals surface area (Å²) in [6, 6.07) is 2.82. The summed E-state index contributed by atoms with van der Waals surface area (Å²) in [5.41, 5.74) is 1.18. The second kappa shape index (κ2) is 8.60. The summed E-state index contributed by atoms with van der Waals surface area (Å²) in [5, 5.41) is 13.6. The fourth-order valence-corrected chi connectivity index (χ4v) is 3.95. The molecule has 3 rings (SSSR count). The molecule has 1 saturated heterocycles. The van der Waals surface area contributed by atoms with Gasteiger partial charge in [-0.1, -0.05) is 12.8 Å². The fourth-order valence-electron chi connectivity index (χ4n) is 3.95. The monoisotopic (exact) mass is 417 g/mol. The zero-order valence-corrected chi connectivity index (χ0v) is 16.8. The third-order valence-corrected chi connectivity index (χ3v) is 5.67. The normalized spacial score (nSPS) is 20.7. The Bertz CT molecular complexity index is 903. The minimum Gasteiger partial charge on any atom is -0.454 e. The van der Waals surface area contributed by atoms with Gasteiger partial charge in [0.1, 0.15) is 12.2 Å². The molecule has 1 aliphatic carbocycles. The van der Waals surface area contributed by atoms with Gasteiger partial charge in [-0.3, -0.25) is 34.2 Å². The lowest BCUT2D eigenvalue weighted by Crippen LogP contribution is -2.37. The molecule has 1 aromatic rings. The molecule has 0 unspecified atom stereocenters. The maximum atomic E-state index is 12.4. The molecule has 10 heteroatoms. The number of likely N-dealkylation sites (tertiary alicyclic amines) is 1. The predicted molar refractivity (Wildman–Crippen MR) is 104 cm³/mol. The Labute approximate surface area is 172 Å². The van der Waals surface area contributed by atoms with E-state index in [9.17, 15) is 29.3 Å². The van der Waals surface area contributed by atoms with Crippen LogP contribution in [-0.4, -0.2) is 46.7 Å². The highest BCUT2D eigenvalue weighted by Crippen LogP contribution is 2.37. The van der Waals surface area contributed by atoms with Gasteiger partial charge in [0.05, 0.1) is 16.8 Å². The topological polar surface area (TPSA) is 136 Å². The van der Waals surface area contributed by atoms with Crippen molar-refractivity contribution in [3.63, 3.8) is 0 Å². The van der Waals surface area contributed by atoms with Gasteiger partial charge in [-0.05, 0) is 43.9 Å². The number of amides is 3. The first-order valence-electron chi connectivity index (χ1n) is 9.75. The number of nitrogens with zero attached hydrogens (tertiary/aromatic N) is 2. The number of hydrogen-bond acceptors (Lipinski definition) is 7. The Hall–Kier alpha value is -3.30. The molecule has 10 nitrogen and oxygen atoms in total. The van der Waals surface area contributed by atoms with E-state index >= 15 is 0 Å². The lowest BCUT2D eigenvalue weighted by atomic mass is 9.81. The molecule has 0 bridgehead atoms. The third kappa shape index (κ3) is 4.32. The summed E-state index contributed by atoms with van der Waals surface area (Å²) in [6.45, 7) is 2.23. The van der Waals surface area contributed by atoms with Crippen LogP contribution in [0.4, 0.5) is 11.4 Å². The fraction of sp³-hybridized carbons (Fsp3) is 0.500. The lowest BCUT2D eigenvalue weighted by molar-refractivity contribution is -0.384. The van der Waals surface area contributed by atoms with E-state index in [1.807, 2.05) is 0 Å². The van der Waals surface area contributed by atoms with Gasteiger partial charge in [0.25, 0.3) is 11.6 Å². The average Bonchev–Trinajstić information content (AvgIpc) is 2.94. The number of nitro benzene ring substituents is 1. The van der Waals surface area contributed by atoms with Crippen LogP contribution in [0.5, 0.6) is 0 Å². The first kappa shape index (κ1) is 21.4. The Balaban J connectivity index is 1.56. The van der Waals surface area contributed by atoms with Gasteiger partial charge < -0.3 is 10.1 Å². The third-order valence-electron chi connectivity index (χ3n) is 5.67. The summed E-state index contributed by atoms with van der Waals surface area (Å²) in [7, 11) is 0. The number of benzene rings is 1. The van der Waals surface area contributed by atoms with Crippen molar-refractivity contribution in [2.24, 2.45) is 11.8 Å². The summed E-state index contributed by atoms with van der Waals surface area (Å²) in [4.78, 5) is 60.4. The van der Waals surface area contributed by atoms with Crippen molar-refractivity contribution >= 4 is 35.1 Å². The van der Waals surface area contributed by atoms with Crippen LogP contribution in [0.15, 0.2) is 12.1 Å². The average molecular weight is 417 g/mol. The number of fused-ring (bicyclic) bond motifs is 1. The van der Waals surface area contributed by atoms with E-state index in [4.69, 9.17) is 4.74 Å². The Morgan fingerprint density at radius 1 is 1.13 bits per heavy atom. The number of rotatable bonds is 6. The van der Waals surface area contributed by atoms with Gasteiger partial charge in [-0.15, -0.1) is 0 Å². The van der Waals surface area contributed by atoms with Gasteiger partial charge in [0.15, 0.2) is 6.61 Å². The van der Waals surface area contributed by atoms with Crippen LogP contribution in [0, 0.1) is 35.8 Å². The van der Waals surface area contributed by atoms with Crippen LogP contribution in [0.3, 0.4) is 0 Å². The molecule has 1 heterocycles. The zero-order valence-electron chi connectivity index (χ0n) is 16.8. The second-order valence-corrected chi connectivity index (χ2v) is 7.68. The molecular weight excluding hydrogens is 394 g/mol. The molecule has 30 heavy (non-hydrogen) atoms. The number of anilines is 1. The number of aryl methyl sites for hydroxylation is 2. The van der Waals surface area contributed by atoms with Crippen molar-refractivity contribution in [2.75, 3.05) is 18.5 Å². The van der Waals surface area contributed by atoms with Crippen molar-refractivity contribution in [3.8, 4) is 0 Å². The second-order valence-electron chi connectivity index (χ2n) is 7.68. The first-order chi connectivity index (χ1) is 14.2. The maximum absolute atomic E-state index is 12.4. The van der Waals surface area contributed by atoms with Crippen molar-refractivity contribution in [3.05, 3.63) is 33.4 Å². The molecule has 1 N–H and O–H groups in total. The standard InChI is InChI=1S/C20H23N3O7/c1-11-7-15(16(23(28)29)8-12(11)2)21-17(24)10-30-18(25)9-22-19(26)13-5-3-4-6-14(13)20(22)27/h7-8,13-14H,3-6,9-10H2,1-2H3,(H,21,24)/t13-,14-/m1/s1. The molecule has 2 fully saturated rings. The minimum absolute atomic E-state index is 0.00174. The summed E-state index contributed by atoms with van der Waals surface area (Å²) in [6.07, 6.45) is 3.03. The molecule has 0 spiro atoms. The summed E-state index contributed by atoms with van der Waals surface area (Å²) < 4.78 is 4.88.